The molecule has 0 amide bonds. The molecule has 0 bridgehead atoms. The fourth-order valence-corrected chi connectivity index (χ4v) is 1.53. The van der Waals surface area contributed by atoms with E-state index in [2.05, 4.69) is 0 Å². The number of hydrogen-bond donors (Lipinski definition) is 1. The Hall–Kier alpha value is -0.770. The molecule has 0 unspecified atom stereocenters. The molecular formula is C12H18ClNO2. The highest BCUT2D eigenvalue weighted by atomic mass is 35.5. The first-order valence-electron chi connectivity index (χ1n) is 5.47. The van der Waals surface area contributed by atoms with Gasteiger partial charge in [0.1, 0.15) is 5.75 Å². The van der Waals surface area contributed by atoms with Crippen molar-refractivity contribution in [1.29, 1.82) is 0 Å². The number of ether oxygens (including phenoxy) is 2. The summed E-state index contributed by atoms with van der Waals surface area (Å²) in [5.41, 5.74) is 6.51. The Labute approximate surface area is 101 Å². The summed E-state index contributed by atoms with van der Waals surface area (Å²) in [7, 11) is 0. The third-order valence-corrected chi connectivity index (χ3v) is 2.42. The monoisotopic (exact) mass is 243 g/mol. The highest BCUT2D eigenvalue weighted by Crippen LogP contribution is 2.25. The molecule has 0 aliphatic heterocycles. The first-order chi connectivity index (χ1) is 7.77. The molecule has 0 saturated carbocycles. The van der Waals surface area contributed by atoms with Crippen molar-refractivity contribution in [2.45, 2.75) is 19.9 Å². The molecule has 16 heavy (non-hydrogen) atoms. The van der Waals surface area contributed by atoms with Crippen molar-refractivity contribution >= 4 is 11.6 Å². The maximum Gasteiger partial charge on any atom is 0.137 e. The second-order valence-electron chi connectivity index (χ2n) is 3.37. The first-order valence-corrected chi connectivity index (χ1v) is 5.84. The van der Waals surface area contributed by atoms with E-state index < -0.39 is 0 Å². The van der Waals surface area contributed by atoms with Crippen LogP contribution in [-0.2, 0) is 11.3 Å². The van der Waals surface area contributed by atoms with Gasteiger partial charge in [-0.25, -0.2) is 0 Å². The maximum atomic E-state index is 6.04. The molecule has 2 N–H and O–H groups in total. The van der Waals surface area contributed by atoms with E-state index in [1.807, 2.05) is 25.1 Å². The minimum absolute atomic E-state index is 0.490. The fraction of sp³-hybridized carbons (Fsp3) is 0.500. The van der Waals surface area contributed by atoms with E-state index in [1.54, 1.807) is 0 Å². The zero-order chi connectivity index (χ0) is 11.8. The summed E-state index contributed by atoms with van der Waals surface area (Å²) >= 11 is 6.04. The molecule has 4 heteroatoms. The van der Waals surface area contributed by atoms with Crippen LogP contribution in [0.3, 0.4) is 0 Å². The predicted octanol–water partition coefficient (Wildman–Crippen LogP) is 2.60. The summed E-state index contributed by atoms with van der Waals surface area (Å²) < 4.78 is 10.7. The van der Waals surface area contributed by atoms with Crippen LogP contribution in [0, 0.1) is 0 Å². The van der Waals surface area contributed by atoms with Crippen LogP contribution in [0.4, 0.5) is 0 Å². The average molecular weight is 244 g/mol. The van der Waals surface area contributed by atoms with E-state index in [0.717, 1.165) is 25.2 Å². The van der Waals surface area contributed by atoms with Crippen LogP contribution < -0.4 is 10.5 Å². The second kappa shape index (κ2) is 7.49. The SMILES string of the molecule is CCOCCCOc1ccc(CN)cc1Cl. The smallest absolute Gasteiger partial charge is 0.137 e. The molecule has 0 heterocycles. The highest BCUT2D eigenvalue weighted by molar-refractivity contribution is 6.32. The van der Waals surface area contributed by atoms with Gasteiger partial charge < -0.3 is 15.2 Å². The molecule has 0 aromatic heterocycles. The minimum Gasteiger partial charge on any atom is -0.492 e. The quantitative estimate of drug-likeness (QED) is 0.749. The third kappa shape index (κ3) is 4.39. The van der Waals surface area contributed by atoms with E-state index in [-0.39, 0.29) is 0 Å². The number of benzene rings is 1. The largest absolute Gasteiger partial charge is 0.492 e. The van der Waals surface area contributed by atoms with E-state index in [4.69, 9.17) is 26.8 Å². The summed E-state index contributed by atoms with van der Waals surface area (Å²) in [6.45, 7) is 4.54. The molecule has 1 aromatic carbocycles. The number of rotatable bonds is 7. The Bertz CT molecular complexity index is 318. The van der Waals surface area contributed by atoms with Gasteiger partial charge in [-0.1, -0.05) is 17.7 Å². The molecule has 0 fully saturated rings. The molecule has 90 valence electrons. The molecule has 1 aromatic rings. The summed E-state index contributed by atoms with van der Waals surface area (Å²) in [6.07, 6.45) is 0.864. The highest BCUT2D eigenvalue weighted by Gasteiger charge is 2.02. The van der Waals surface area contributed by atoms with Gasteiger partial charge in [0.15, 0.2) is 0 Å². The lowest BCUT2D eigenvalue weighted by Crippen LogP contribution is -2.03. The van der Waals surface area contributed by atoms with Crippen LogP contribution in [0.1, 0.15) is 18.9 Å². The van der Waals surface area contributed by atoms with Crippen LogP contribution in [0.5, 0.6) is 5.75 Å². The van der Waals surface area contributed by atoms with Gasteiger partial charge in [-0.05, 0) is 24.6 Å². The summed E-state index contributed by atoms with van der Waals surface area (Å²) in [5, 5.41) is 0.611. The summed E-state index contributed by atoms with van der Waals surface area (Å²) in [4.78, 5) is 0. The average Bonchev–Trinajstić information content (AvgIpc) is 2.30. The Kier molecular flexibility index (Phi) is 6.23. The van der Waals surface area contributed by atoms with Crippen molar-refractivity contribution in [2.24, 2.45) is 5.73 Å². The molecule has 0 atom stereocenters. The van der Waals surface area contributed by atoms with Gasteiger partial charge in [-0.3, -0.25) is 0 Å². The van der Waals surface area contributed by atoms with Gasteiger partial charge in [0.05, 0.1) is 11.6 Å². The van der Waals surface area contributed by atoms with E-state index >= 15 is 0 Å². The first kappa shape index (κ1) is 13.3. The normalized spacial score (nSPS) is 10.4. The molecule has 3 nitrogen and oxygen atoms in total. The second-order valence-corrected chi connectivity index (χ2v) is 3.78. The zero-order valence-electron chi connectivity index (χ0n) is 9.54. The topological polar surface area (TPSA) is 44.5 Å². The third-order valence-electron chi connectivity index (χ3n) is 2.13. The minimum atomic E-state index is 0.490. The molecule has 1 rings (SSSR count). The Balaban J connectivity index is 2.36. The number of halogens is 1. The van der Waals surface area contributed by atoms with E-state index in [1.165, 1.54) is 0 Å². The molecular weight excluding hydrogens is 226 g/mol. The lowest BCUT2D eigenvalue weighted by molar-refractivity contribution is 0.131. The van der Waals surface area contributed by atoms with Gasteiger partial charge in [0.25, 0.3) is 0 Å². The van der Waals surface area contributed by atoms with Gasteiger partial charge in [-0.2, -0.15) is 0 Å². The van der Waals surface area contributed by atoms with Gasteiger partial charge >= 0.3 is 0 Å². The Morgan fingerprint density at radius 1 is 1.31 bits per heavy atom. The van der Waals surface area contributed by atoms with Gasteiger partial charge in [0, 0.05) is 26.2 Å². The predicted molar refractivity (Wildman–Crippen MR) is 65.9 cm³/mol. The van der Waals surface area contributed by atoms with Crippen LogP contribution >= 0.6 is 11.6 Å². The lowest BCUT2D eigenvalue weighted by Gasteiger charge is -2.08. The van der Waals surface area contributed by atoms with Crippen LogP contribution in [0.2, 0.25) is 5.02 Å². The summed E-state index contributed by atoms with van der Waals surface area (Å²) in [5.74, 6) is 0.704. The van der Waals surface area contributed by atoms with E-state index in [9.17, 15) is 0 Å². The molecule has 0 spiro atoms. The number of hydrogen-bond acceptors (Lipinski definition) is 3. The van der Waals surface area contributed by atoms with Crippen molar-refractivity contribution in [3.8, 4) is 5.75 Å². The zero-order valence-corrected chi connectivity index (χ0v) is 10.3. The Morgan fingerprint density at radius 2 is 2.12 bits per heavy atom. The van der Waals surface area contributed by atoms with Gasteiger partial charge in [-0.15, -0.1) is 0 Å². The summed E-state index contributed by atoms with van der Waals surface area (Å²) in [6, 6.07) is 5.61. The standard InChI is InChI=1S/C12H18ClNO2/c1-2-15-6-3-7-16-12-5-4-10(9-14)8-11(12)13/h4-5,8H,2-3,6-7,9,14H2,1H3. The number of nitrogens with two attached hydrogens (primary N) is 1. The van der Waals surface area contributed by atoms with Crippen molar-refractivity contribution in [3.05, 3.63) is 28.8 Å². The molecule has 0 aliphatic carbocycles. The van der Waals surface area contributed by atoms with Crippen molar-refractivity contribution < 1.29 is 9.47 Å². The van der Waals surface area contributed by atoms with Crippen molar-refractivity contribution in [2.75, 3.05) is 19.8 Å². The van der Waals surface area contributed by atoms with Crippen LogP contribution in [0.25, 0.3) is 0 Å². The van der Waals surface area contributed by atoms with E-state index in [0.29, 0.717) is 23.9 Å². The molecule has 0 aliphatic rings. The van der Waals surface area contributed by atoms with Crippen LogP contribution in [0.15, 0.2) is 18.2 Å². The van der Waals surface area contributed by atoms with Crippen molar-refractivity contribution in [1.82, 2.24) is 0 Å². The van der Waals surface area contributed by atoms with Gasteiger partial charge in [0.2, 0.25) is 0 Å². The lowest BCUT2D eigenvalue weighted by atomic mass is 10.2. The van der Waals surface area contributed by atoms with Crippen molar-refractivity contribution in [3.63, 3.8) is 0 Å². The Morgan fingerprint density at radius 3 is 2.75 bits per heavy atom. The van der Waals surface area contributed by atoms with Crippen LogP contribution in [-0.4, -0.2) is 19.8 Å². The molecule has 0 saturated heterocycles. The molecule has 0 radical (unpaired) electrons. The fourth-order valence-electron chi connectivity index (χ4n) is 1.28. The maximum absolute atomic E-state index is 6.04.